The smallest absolute Gasteiger partial charge is 0.330 e. The van der Waals surface area contributed by atoms with E-state index < -0.39 is 29.8 Å². The summed E-state index contributed by atoms with van der Waals surface area (Å²) >= 11 is 7.42. The topological polar surface area (TPSA) is 75.7 Å². The zero-order chi connectivity index (χ0) is 19.1. The maximum atomic E-state index is 13.1. The van der Waals surface area contributed by atoms with Crippen molar-refractivity contribution in [2.24, 2.45) is 0 Å². The molecule has 3 atom stereocenters. The van der Waals surface area contributed by atoms with Crippen LogP contribution >= 0.6 is 23.4 Å². The highest BCUT2D eigenvalue weighted by atomic mass is 35.5. The van der Waals surface area contributed by atoms with Crippen molar-refractivity contribution in [1.82, 2.24) is 4.90 Å². The normalized spacial score (nSPS) is 25.8. The lowest BCUT2D eigenvalue weighted by atomic mass is 10.2. The molecule has 0 unspecified atom stereocenters. The van der Waals surface area contributed by atoms with E-state index in [1.54, 1.807) is 16.7 Å². The first-order chi connectivity index (χ1) is 12.2. The van der Waals surface area contributed by atoms with Gasteiger partial charge in [0, 0.05) is 12.2 Å². The Morgan fingerprint density at radius 1 is 1.50 bits per heavy atom. The summed E-state index contributed by atoms with van der Waals surface area (Å²) in [6, 6.07) is 2.87. The van der Waals surface area contributed by atoms with E-state index in [2.05, 4.69) is 5.32 Å². The van der Waals surface area contributed by atoms with Gasteiger partial charge in [-0.25, -0.2) is 9.18 Å². The highest BCUT2D eigenvalue weighted by molar-refractivity contribution is 8.01. The van der Waals surface area contributed by atoms with E-state index in [0.717, 1.165) is 12.1 Å². The molecule has 26 heavy (non-hydrogen) atoms. The molecule has 0 radical (unpaired) electrons. The van der Waals surface area contributed by atoms with Gasteiger partial charge in [-0.05, 0) is 38.5 Å². The Morgan fingerprint density at radius 3 is 2.92 bits per heavy atom. The Labute approximate surface area is 159 Å². The number of nitrogens with zero attached hydrogens (tertiary/aromatic N) is 1. The lowest BCUT2D eigenvalue weighted by molar-refractivity contribution is -0.160. The minimum absolute atomic E-state index is 0.0440. The average Bonchev–Trinajstić information content (AvgIpc) is 3.06. The molecule has 0 aromatic heterocycles. The van der Waals surface area contributed by atoms with Crippen LogP contribution in [0.4, 0.5) is 10.1 Å². The highest BCUT2D eigenvalue weighted by Gasteiger charge is 2.53. The van der Waals surface area contributed by atoms with Crippen LogP contribution < -0.4 is 5.32 Å². The Bertz CT molecular complexity index is 777. The highest BCUT2D eigenvalue weighted by Crippen LogP contribution is 2.47. The van der Waals surface area contributed by atoms with Crippen LogP contribution in [0.15, 0.2) is 18.2 Å². The fraction of sp³-hybridized carbons (Fsp3) is 0.471. The van der Waals surface area contributed by atoms with E-state index in [-0.39, 0.29) is 21.5 Å². The van der Waals surface area contributed by atoms with Crippen molar-refractivity contribution in [1.29, 1.82) is 0 Å². The lowest BCUT2D eigenvalue weighted by Crippen LogP contribution is -2.48. The molecular weight excluding hydrogens is 383 g/mol. The predicted octanol–water partition coefficient (Wildman–Crippen LogP) is 2.80. The Balaban J connectivity index is 1.62. The van der Waals surface area contributed by atoms with Gasteiger partial charge in [0.1, 0.15) is 11.9 Å². The monoisotopic (exact) mass is 400 g/mol. The summed E-state index contributed by atoms with van der Waals surface area (Å²) in [7, 11) is 0. The largest absolute Gasteiger partial charge is 0.451 e. The Hall–Kier alpha value is -1.80. The first-order valence-corrected chi connectivity index (χ1v) is 9.50. The number of anilines is 1. The number of carbonyl (C=O) groups is 3. The van der Waals surface area contributed by atoms with Crippen molar-refractivity contribution in [2.45, 2.75) is 43.7 Å². The van der Waals surface area contributed by atoms with Crippen LogP contribution in [0, 0.1) is 5.82 Å². The third-order valence-electron chi connectivity index (χ3n) is 4.57. The molecule has 1 aromatic rings. The van der Waals surface area contributed by atoms with Crippen molar-refractivity contribution in [2.75, 3.05) is 11.1 Å². The standard InChI is InChI=1S/C17H18ClFN2O4S/c1-9(15(23)20-12-4-3-10(19)7-11(12)18)25-16(24)13-8-26-17(2)6-5-14(22)21(13)17/h3-4,7,9,13H,5-6,8H2,1-2H3,(H,20,23)/t9-,13+,17-/m0/s1. The van der Waals surface area contributed by atoms with E-state index in [1.165, 1.54) is 13.0 Å². The Morgan fingerprint density at radius 2 is 2.23 bits per heavy atom. The zero-order valence-electron chi connectivity index (χ0n) is 14.3. The van der Waals surface area contributed by atoms with E-state index >= 15 is 0 Å². The number of ether oxygens (including phenoxy) is 1. The van der Waals surface area contributed by atoms with Gasteiger partial charge in [-0.3, -0.25) is 9.59 Å². The van der Waals surface area contributed by atoms with Gasteiger partial charge in [-0.1, -0.05) is 11.6 Å². The molecule has 0 saturated carbocycles. The summed E-state index contributed by atoms with van der Waals surface area (Å²) in [4.78, 5) is 38.0. The molecule has 0 bridgehead atoms. The molecule has 2 fully saturated rings. The predicted molar refractivity (Wildman–Crippen MR) is 96.3 cm³/mol. The van der Waals surface area contributed by atoms with Crippen molar-refractivity contribution in [3.8, 4) is 0 Å². The fourth-order valence-electron chi connectivity index (χ4n) is 3.13. The molecule has 2 aliphatic rings. The van der Waals surface area contributed by atoms with Crippen LogP contribution in [0.2, 0.25) is 5.02 Å². The second-order valence-electron chi connectivity index (χ2n) is 6.46. The summed E-state index contributed by atoms with van der Waals surface area (Å²) in [5, 5.41) is 2.54. The summed E-state index contributed by atoms with van der Waals surface area (Å²) in [5.74, 6) is -1.35. The summed E-state index contributed by atoms with van der Waals surface area (Å²) in [6.07, 6.45) is 0.0179. The van der Waals surface area contributed by atoms with E-state index in [9.17, 15) is 18.8 Å². The van der Waals surface area contributed by atoms with Crippen LogP contribution in [-0.4, -0.2) is 45.5 Å². The summed E-state index contributed by atoms with van der Waals surface area (Å²) < 4.78 is 18.3. The van der Waals surface area contributed by atoms with Crippen LogP contribution in [0.3, 0.4) is 0 Å². The minimum Gasteiger partial charge on any atom is -0.451 e. The molecule has 2 aliphatic heterocycles. The number of esters is 1. The van der Waals surface area contributed by atoms with E-state index in [0.29, 0.717) is 18.6 Å². The molecule has 2 saturated heterocycles. The van der Waals surface area contributed by atoms with Crippen molar-refractivity contribution >= 4 is 46.8 Å². The number of hydrogen-bond donors (Lipinski definition) is 1. The van der Waals surface area contributed by atoms with Crippen molar-refractivity contribution < 1.29 is 23.5 Å². The average molecular weight is 401 g/mol. The van der Waals surface area contributed by atoms with Gasteiger partial charge in [-0.2, -0.15) is 0 Å². The molecule has 1 aromatic carbocycles. The molecular formula is C17H18ClFN2O4S. The maximum absolute atomic E-state index is 13.1. The van der Waals surface area contributed by atoms with Crippen molar-refractivity contribution in [3.63, 3.8) is 0 Å². The van der Waals surface area contributed by atoms with E-state index in [1.807, 2.05) is 6.92 Å². The van der Waals surface area contributed by atoms with Crippen LogP contribution in [0.25, 0.3) is 0 Å². The van der Waals surface area contributed by atoms with E-state index in [4.69, 9.17) is 16.3 Å². The minimum atomic E-state index is -1.09. The third-order valence-corrected chi connectivity index (χ3v) is 6.39. The molecule has 0 aliphatic carbocycles. The molecule has 6 nitrogen and oxygen atoms in total. The maximum Gasteiger partial charge on any atom is 0.330 e. The lowest BCUT2D eigenvalue weighted by Gasteiger charge is -2.29. The van der Waals surface area contributed by atoms with Gasteiger partial charge in [0.15, 0.2) is 6.10 Å². The third kappa shape index (κ3) is 3.53. The second-order valence-corrected chi connectivity index (χ2v) is 8.37. The molecule has 0 spiro atoms. The molecule has 3 rings (SSSR count). The van der Waals surface area contributed by atoms with Gasteiger partial charge >= 0.3 is 5.97 Å². The summed E-state index contributed by atoms with van der Waals surface area (Å²) in [5.41, 5.74) is 0.222. The quantitative estimate of drug-likeness (QED) is 0.786. The summed E-state index contributed by atoms with van der Waals surface area (Å²) in [6.45, 7) is 3.36. The number of halogens is 2. The molecule has 1 N–H and O–H groups in total. The SMILES string of the molecule is C[C@H](OC(=O)[C@H]1CS[C@@]2(C)CCC(=O)N12)C(=O)Nc1ccc(F)cc1Cl. The van der Waals surface area contributed by atoms with Crippen LogP contribution in [0.1, 0.15) is 26.7 Å². The van der Waals surface area contributed by atoms with Crippen LogP contribution in [-0.2, 0) is 19.1 Å². The van der Waals surface area contributed by atoms with Gasteiger partial charge in [0.05, 0.1) is 15.6 Å². The fourth-order valence-corrected chi connectivity index (χ4v) is 4.76. The molecule has 140 valence electrons. The second kappa shape index (κ2) is 7.08. The number of benzene rings is 1. The first kappa shape index (κ1) is 19.0. The molecule has 9 heteroatoms. The molecule has 2 heterocycles. The van der Waals surface area contributed by atoms with Gasteiger partial charge in [-0.15, -0.1) is 11.8 Å². The first-order valence-electron chi connectivity index (χ1n) is 8.14. The zero-order valence-corrected chi connectivity index (χ0v) is 15.8. The number of rotatable bonds is 4. The Kier molecular flexibility index (Phi) is 5.16. The number of carbonyl (C=O) groups excluding carboxylic acids is 3. The number of fused-ring (bicyclic) bond motifs is 1. The van der Waals surface area contributed by atoms with Crippen molar-refractivity contribution in [3.05, 3.63) is 29.0 Å². The van der Waals surface area contributed by atoms with Crippen LogP contribution in [0.5, 0.6) is 0 Å². The number of hydrogen-bond acceptors (Lipinski definition) is 5. The van der Waals surface area contributed by atoms with Gasteiger partial charge < -0.3 is 15.0 Å². The molecule has 2 amide bonds. The van der Waals surface area contributed by atoms with Gasteiger partial charge in [0.2, 0.25) is 5.91 Å². The number of amides is 2. The van der Waals surface area contributed by atoms with Gasteiger partial charge in [0.25, 0.3) is 5.91 Å². The number of nitrogens with one attached hydrogen (secondary N) is 1. The number of thioether (sulfide) groups is 1.